The van der Waals surface area contributed by atoms with Crippen molar-refractivity contribution >= 4 is 5.97 Å². The Hall–Kier alpha value is -1.75. The van der Waals surface area contributed by atoms with E-state index in [-0.39, 0.29) is 19.4 Å². The van der Waals surface area contributed by atoms with Gasteiger partial charge in [0, 0.05) is 13.5 Å². The molecule has 0 saturated carbocycles. The molecule has 9 nitrogen and oxygen atoms in total. The summed E-state index contributed by atoms with van der Waals surface area (Å²) in [5.41, 5.74) is -1.46. The molecule has 0 aromatic heterocycles. The fourth-order valence-electron chi connectivity index (χ4n) is 3.94. The standard InChI is InChI=1S/C18H24N2O7/c1-5-23-12(21)6-11-18(8-19,9-20)7-10(24-11)13-14(22-4)15-16(25-13)27-17(2,3)26-15/h10-11,13-16H,5-7H2,1-4H3/t10-,11-,13-,14+,15-,16-/m1/s1. The van der Waals surface area contributed by atoms with Crippen LogP contribution < -0.4 is 0 Å². The summed E-state index contributed by atoms with van der Waals surface area (Å²) in [7, 11) is 1.53. The number of rotatable bonds is 5. The average molecular weight is 380 g/mol. The van der Waals surface area contributed by atoms with E-state index in [1.54, 1.807) is 20.8 Å². The van der Waals surface area contributed by atoms with Crippen LogP contribution in [0.25, 0.3) is 0 Å². The van der Waals surface area contributed by atoms with Crippen LogP contribution in [0, 0.1) is 28.1 Å². The maximum Gasteiger partial charge on any atom is 0.308 e. The van der Waals surface area contributed by atoms with E-state index in [0.29, 0.717) is 0 Å². The van der Waals surface area contributed by atoms with E-state index in [0.717, 1.165) is 0 Å². The van der Waals surface area contributed by atoms with Crippen molar-refractivity contribution in [3.05, 3.63) is 0 Å². The van der Waals surface area contributed by atoms with Crippen molar-refractivity contribution in [1.82, 2.24) is 0 Å². The quantitative estimate of drug-likeness (QED) is 0.644. The Labute approximate surface area is 158 Å². The second-order valence-electron chi connectivity index (χ2n) is 7.34. The zero-order valence-electron chi connectivity index (χ0n) is 15.8. The Bertz CT molecular complexity index is 654. The lowest BCUT2D eigenvalue weighted by Gasteiger charge is -2.28. The van der Waals surface area contributed by atoms with E-state index in [1.807, 2.05) is 12.1 Å². The molecule has 0 aromatic carbocycles. The van der Waals surface area contributed by atoms with Gasteiger partial charge in [-0.1, -0.05) is 0 Å². The number of hydrogen-bond acceptors (Lipinski definition) is 9. The van der Waals surface area contributed by atoms with Crippen LogP contribution in [0.2, 0.25) is 0 Å². The summed E-state index contributed by atoms with van der Waals surface area (Å²) in [5, 5.41) is 19.2. The fourth-order valence-corrected chi connectivity index (χ4v) is 3.94. The second-order valence-corrected chi connectivity index (χ2v) is 7.34. The molecule has 0 bridgehead atoms. The molecule has 0 radical (unpaired) electrons. The summed E-state index contributed by atoms with van der Waals surface area (Å²) in [6.45, 7) is 5.47. The van der Waals surface area contributed by atoms with Gasteiger partial charge in [0.25, 0.3) is 0 Å². The van der Waals surface area contributed by atoms with Crippen molar-refractivity contribution in [3.63, 3.8) is 0 Å². The Balaban J connectivity index is 1.77. The Morgan fingerprint density at radius 3 is 2.48 bits per heavy atom. The number of nitrogens with zero attached hydrogens (tertiary/aromatic N) is 2. The zero-order valence-corrected chi connectivity index (χ0v) is 15.8. The first-order valence-corrected chi connectivity index (χ1v) is 8.96. The van der Waals surface area contributed by atoms with E-state index in [2.05, 4.69) is 0 Å². The highest BCUT2D eigenvalue weighted by atomic mass is 16.8. The number of carbonyl (C=O) groups is 1. The van der Waals surface area contributed by atoms with Crippen LogP contribution >= 0.6 is 0 Å². The van der Waals surface area contributed by atoms with Crippen molar-refractivity contribution in [3.8, 4) is 12.1 Å². The van der Waals surface area contributed by atoms with E-state index in [1.165, 1.54) is 7.11 Å². The van der Waals surface area contributed by atoms with Crippen LogP contribution in [0.1, 0.15) is 33.6 Å². The fraction of sp³-hybridized carbons (Fsp3) is 0.833. The van der Waals surface area contributed by atoms with E-state index >= 15 is 0 Å². The normalized spacial score (nSPS) is 38.7. The monoisotopic (exact) mass is 380 g/mol. The molecule has 9 heteroatoms. The first kappa shape index (κ1) is 20.0. The van der Waals surface area contributed by atoms with E-state index < -0.39 is 54.0 Å². The molecule has 3 heterocycles. The summed E-state index contributed by atoms with van der Waals surface area (Å²) >= 11 is 0. The zero-order chi connectivity index (χ0) is 19.8. The molecule has 148 valence electrons. The highest BCUT2D eigenvalue weighted by Gasteiger charge is 2.61. The maximum absolute atomic E-state index is 11.9. The van der Waals surface area contributed by atoms with E-state index in [4.69, 9.17) is 28.4 Å². The van der Waals surface area contributed by atoms with Gasteiger partial charge in [-0.15, -0.1) is 0 Å². The van der Waals surface area contributed by atoms with Crippen LogP contribution in [-0.2, 0) is 33.2 Å². The summed E-state index contributed by atoms with van der Waals surface area (Å²) in [4.78, 5) is 11.9. The summed E-state index contributed by atoms with van der Waals surface area (Å²) in [5.74, 6) is -1.30. The third-order valence-corrected chi connectivity index (χ3v) is 5.13. The number of hydrogen-bond donors (Lipinski definition) is 0. The smallest absolute Gasteiger partial charge is 0.308 e. The summed E-state index contributed by atoms with van der Waals surface area (Å²) < 4.78 is 34.0. The van der Waals surface area contributed by atoms with Gasteiger partial charge in [0.1, 0.15) is 24.4 Å². The maximum atomic E-state index is 11.9. The predicted molar refractivity (Wildman–Crippen MR) is 87.7 cm³/mol. The Kier molecular flexibility index (Phi) is 5.44. The van der Waals surface area contributed by atoms with Crippen LogP contribution in [-0.4, -0.2) is 62.3 Å². The molecule has 0 unspecified atom stereocenters. The van der Waals surface area contributed by atoms with Gasteiger partial charge < -0.3 is 28.4 Å². The SMILES string of the molecule is CCOC(=O)C[C@H]1O[C@@H]([C@H]2O[C@@H]3OC(C)(C)O[C@@H]3[C@H]2OC)CC1(C#N)C#N. The number of ether oxygens (including phenoxy) is 6. The van der Waals surface area contributed by atoms with Gasteiger partial charge in [-0.2, -0.15) is 10.5 Å². The molecule has 0 spiro atoms. The summed E-state index contributed by atoms with van der Waals surface area (Å²) in [6, 6.07) is 4.04. The minimum Gasteiger partial charge on any atom is -0.466 e. The van der Waals surface area contributed by atoms with Crippen LogP contribution in [0.4, 0.5) is 0 Å². The predicted octanol–water partition coefficient (Wildman–Crippen LogP) is 1.02. The molecule has 27 heavy (non-hydrogen) atoms. The number of nitriles is 2. The van der Waals surface area contributed by atoms with Gasteiger partial charge in [0.2, 0.25) is 0 Å². The van der Waals surface area contributed by atoms with Gasteiger partial charge in [-0.05, 0) is 20.8 Å². The van der Waals surface area contributed by atoms with Gasteiger partial charge in [-0.25, -0.2) is 0 Å². The molecular weight excluding hydrogens is 356 g/mol. The number of esters is 1. The molecule has 0 N–H and O–H groups in total. The first-order valence-electron chi connectivity index (χ1n) is 8.96. The Morgan fingerprint density at radius 2 is 1.89 bits per heavy atom. The van der Waals surface area contributed by atoms with Crippen molar-refractivity contribution in [1.29, 1.82) is 10.5 Å². The first-order chi connectivity index (χ1) is 12.8. The number of carbonyl (C=O) groups excluding carboxylic acids is 1. The van der Waals surface area contributed by atoms with Crippen LogP contribution in [0.3, 0.4) is 0 Å². The molecule has 3 aliphatic heterocycles. The lowest BCUT2D eigenvalue weighted by atomic mass is 9.80. The topological polar surface area (TPSA) is 120 Å². The van der Waals surface area contributed by atoms with Crippen molar-refractivity contribution < 1.29 is 33.2 Å². The molecular formula is C18H24N2O7. The molecule has 3 fully saturated rings. The molecule has 3 saturated heterocycles. The largest absolute Gasteiger partial charge is 0.466 e. The van der Waals surface area contributed by atoms with Crippen molar-refractivity contribution in [2.45, 2.75) is 76.2 Å². The number of fused-ring (bicyclic) bond motifs is 1. The van der Waals surface area contributed by atoms with Gasteiger partial charge in [0.15, 0.2) is 17.5 Å². The van der Waals surface area contributed by atoms with Crippen LogP contribution in [0.15, 0.2) is 0 Å². The van der Waals surface area contributed by atoms with Gasteiger partial charge in [-0.3, -0.25) is 4.79 Å². The average Bonchev–Trinajstić information content (AvgIpc) is 3.22. The van der Waals surface area contributed by atoms with Gasteiger partial charge in [0.05, 0.1) is 31.3 Å². The number of methoxy groups -OCH3 is 1. The molecule has 0 amide bonds. The molecule has 3 rings (SSSR count). The molecule has 0 aliphatic carbocycles. The van der Waals surface area contributed by atoms with Crippen molar-refractivity contribution in [2.24, 2.45) is 5.41 Å². The lowest BCUT2D eigenvalue weighted by Crippen LogP contribution is -2.42. The van der Waals surface area contributed by atoms with Crippen molar-refractivity contribution in [2.75, 3.05) is 13.7 Å². The third kappa shape index (κ3) is 3.54. The highest BCUT2D eigenvalue weighted by Crippen LogP contribution is 2.46. The molecule has 0 aromatic rings. The highest BCUT2D eigenvalue weighted by molar-refractivity contribution is 5.70. The molecule has 6 atom stereocenters. The van der Waals surface area contributed by atoms with Gasteiger partial charge >= 0.3 is 5.97 Å². The third-order valence-electron chi connectivity index (χ3n) is 5.13. The minimum absolute atomic E-state index is 0.0947. The second kappa shape index (κ2) is 7.34. The molecule has 3 aliphatic rings. The van der Waals surface area contributed by atoms with E-state index in [9.17, 15) is 15.3 Å². The summed E-state index contributed by atoms with van der Waals surface area (Å²) in [6.07, 6.45) is -3.75. The lowest BCUT2D eigenvalue weighted by molar-refractivity contribution is -0.230. The Morgan fingerprint density at radius 1 is 1.19 bits per heavy atom. The minimum atomic E-state index is -1.46. The van der Waals surface area contributed by atoms with Crippen LogP contribution in [0.5, 0.6) is 0 Å².